The number of carboxylic acids is 1. The molecule has 18 heavy (non-hydrogen) atoms. The van der Waals surface area contributed by atoms with Crippen molar-refractivity contribution in [3.63, 3.8) is 0 Å². The van der Waals surface area contributed by atoms with Gasteiger partial charge in [-0.25, -0.2) is 0 Å². The van der Waals surface area contributed by atoms with Crippen molar-refractivity contribution in [2.24, 2.45) is 23.2 Å². The second-order valence-corrected chi connectivity index (χ2v) is 6.18. The first-order valence-corrected chi connectivity index (χ1v) is 6.85. The predicted octanol–water partition coefficient (Wildman–Crippen LogP) is 3.05. The molecule has 0 aliphatic heterocycles. The number of hydrogen-bond donors (Lipinski definition) is 1. The molecule has 2 aliphatic carbocycles. The number of Topliss-reactive ketones (excluding diaryl/α,β-unsaturated/α-hetero) is 1. The van der Waals surface area contributed by atoms with Crippen molar-refractivity contribution >= 4 is 11.8 Å². The molecule has 0 spiro atoms. The van der Waals surface area contributed by atoms with Crippen LogP contribution in [0.5, 0.6) is 0 Å². The third kappa shape index (κ3) is 2.00. The van der Waals surface area contributed by atoms with Crippen LogP contribution >= 0.6 is 0 Å². The summed E-state index contributed by atoms with van der Waals surface area (Å²) >= 11 is 0. The zero-order valence-electron chi connectivity index (χ0n) is 11.4. The van der Waals surface area contributed by atoms with Crippen LogP contribution in [0.4, 0.5) is 0 Å². The monoisotopic (exact) mass is 250 g/mol. The molecule has 0 bridgehead atoms. The van der Waals surface area contributed by atoms with Crippen LogP contribution in [-0.4, -0.2) is 16.9 Å². The highest BCUT2D eigenvalue weighted by atomic mass is 16.4. The molecule has 3 heteroatoms. The van der Waals surface area contributed by atoms with E-state index in [9.17, 15) is 9.59 Å². The quantitative estimate of drug-likeness (QED) is 0.819. The van der Waals surface area contributed by atoms with Gasteiger partial charge in [-0.2, -0.15) is 0 Å². The lowest BCUT2D eigenvalue weighted by Crippen LogP contribution is -2.42. The number of hydrogen-bond acceptors (Lipinski definition) is 2. The van der Waals surface area contributed by atoms with Gasteiger partial charge in [0.05, 0.1) is 5.92 Å². The molecule has 0 aromatic carbocycles. The first-order chi connectivity index (χ1) is 8.36. The third-order valence-corrected chi connectivity index (χ3v) is 5.19. The summed E-state index contributed by atoms with van der Waals surface area (Å²) in [7, 11) is 0. The van der Waals surface area contributed by atoms with Crippen LogP contribution in [-0.2, 0) is 9.59 Å². The van der Waals surface area contributed by atoms with E-state index in [2.05, 4.69) is 13.8 Å². The fourth-order valence-corrected chi connectivity index (χ4v) is 3.53. The van der Waals surface area contributed by atoms with Crippen LogP contribution < -0.4 is 0 Å². The Hall–Kier alpha value is -1.12. The SMILES string of the molecule is C[C@@H](C(=O)O)C1=C[C@@]2(C)[C@H](CCC[C@@H]2C)CC1=O. The van der Waals surface area contributed by atoms with Crippen molar-refractivity contribution in [3.8, 4) is 0 Å². The Morgan fingerprint density at radius 3 is 2.78 bits per heavy atom. The van der Waals surface area contributed by atoms with Crippen LogP contribution in [0.2, 0.25) is 0 Å². The molecular weight excluding hydrogens is 228 g/mol. The van der Waals surface area contributed by atoms with Gasteiger partial charge in [-0.1, -0.05) is 26.3 Å². The van der Waals surface area contributed by atoms with E-state index < -0.39 is 11.9 Å². The van der Waals surface area contributed by atoms with E-state index in [0.717, 1.165) is 6.42 Å². The molecule has 2 rings (SSSR count). The van der Waals surface area contributed by atoms with Gasteiger partial charge in [0.2, 0.25) is 0 Å². The molecule has 0 saturated heterocycles. The zero-order valence-corrected chi connectivity index (χ0v) is 11.4. The molecule has 4 atom stereocenters. The van der Waals surface area contributed by atoms with E-state index in [1.807, 2.05) is 6.08 Å². The van der Waals surface area contributed by atoms with Crippen molar-refractivity contribution in [3.05, 3.63) is 11.6 Å². The van der Waals surface area contributed by atoms with Gasteiger partial charge in [-0.15, -0.1) is 0 Å². The number of rotatable bonds is 2. The summed E-state index contributed by atoms with van der Waals surface area (Å²) < 4.78 is 0. The van der Waals surface area contributed by atoms with Crippen molar-refractivity contribution in [1.82, 2.24) is 0 Å². The number of carbonyl (C=O) groups is 2. The molecule has 0 amide bonds. The Labute approximate surface area is 108 Å². The van der Waals surface area contributed by atoms with Crippen molar-refractivity contribution in [1.29, 1.82) is 0 Å². The molecule has 0 aromatic heterocycles. The topological polar surface area (TPSA) is 54.4 Å². The van der Waals surface area contributed by atoms with E-state index in [0.29, 0.717) is 23.8 Å². The number of allylic oxidation sites excluding steroid dienone is 1. The Morgan fingerprint density at radius 2 is 2.17 bits per heavy atom. The third-order valence-electron chi connectivity index (χ3n) is 5.19. The molecular formula is C15H22O3. The second-order valence-electron chi connectivity index (χ2n) is 6.18. The van der Waals surface area contributed by atoms with E-state index in [4.69, 9.17) is 5.11 Å². The van der Waals surface area contributed by atoms with Crippen LogP contribution in [0.15, 0.2) is 11.6 Å². The normalized spacial score (nSPS) is 37.7. The number of carbonyl (C=O) groups excluding carboxylic acids is 1. The smallest absolute Gasteiger partial charge is 0.310 e. The standard InChI is InChI=1S/C15H22O3/c1-9-5-4-6-11-7-13(16)12(8-15(9,11)3)10(2)14(17)18/h8-11H,4-7H2,1-3H3,(H,17,18)/t9-,10+,11+,15+/m0/s1. The molecule has 0 aromatic rings. The van der Waals surface area contributed by atoms with Crippen LogP contribution in [0.1, 0.15) is 46.5 Å². The molecule has 2 aliphatic rings. The minimum atomic E-state index is -0.903. The molecule has 0 radical (unpaired) electrons. The highest BCUT2D eigenvalue weighted by Gasteiger charge is 2.45. The van der Waals surface area contributed by atoms with Crippen LogP contribution in [0, 0.1) is 23.2 Å². The maximum absolute atomic E-state index is 12.1. The van der Waals surface area contributed by atoms with Crippen molar-refractivity contribution in [2.75, 3.05) is 0 Å². The first-order valence-electron chi connectivity index (χ1n) is 6.85. The van der Waals surface area contributed by atoms with Gasteiger partial charge in [0, 0.05) is 12.0 Å². The lowest BCUT2D eigenvalue weighted by molar-refractivity contribution is -0.141. The summed E-state index contributed by atoms with van der Waals surface area (Å²) in [6, 6.07) is 0. The fourth-order valence-electron chi connectivity index (χ4n) is 3.53. The van der Waals surface area contributed by atoms with Gasteiger partial charge in [-0.05, 0) is 37.0 Å². The summed E-state index contributed by atoms with van der Waals surface area (Å²) in [5.74, 6) is -0.607. The van der Waals surface area contributed by atoms with Crippen molar-refractivity contribution in [2.45, 2.75) is 46.5 Å². The zero-order chi connectivity index (χ0) is 13.5. The van der Waals surface area contributed by atoms with E-state index >= 15 is 0 Å². The van der Waals surface area contributed by atoms with E-state index in [1.165, 1.54) is 12.8 Å². The summed E-state index contributed by atoms with van der Waals surface area (Å²) in [5.41, 5.74) is 0.528. The summed E-state index contributed by atoms with van der Waals surface area (Å²) in [6.45, 7) is 6.03. The van der Waals surface area contributed by atoms with Gasteiger partial charge >= 0.3 is 5.97 Å². The number of ketones is 1. The Bertz CT molecular complexity index is 410. The molecule has 100 valence electrons. The van der Waals surface area contributed by atoms with Gasteiger partial charge in [-0.3, -0.25) is 9.59 Å². The number of carboxylic acid groups (broad SMARTS) is 1. The highest BCUT2D eigenvalue weighted by molar-refractivity contribution is 6.01. The maximum Gasteiger partial charge on any atom is 0.310 e. The van der Waals surface area contributed by atoms with Gasteiger partial charge in [0.15, 0.2) is 5.78 Å². The number of fused-ring (bicyclic) bond motifs is 1. The second kappa shape index (κ2) is 4.52. The van der Waals surface area contributed by atoms with Gasteiger partial charge in [0.25, 0.3) is 0 Å². The first kappa shape index (κ1) is 13.3. The van der Waals surface area contributed by atoms with E-state index in [-0.39, 0.29) is 11.2 Å². The van der Waals surface area contributed by atoms with Crippen LogP contribution in [0.25, 0.3) is 0 Å². The maximum atomic E-state index is 12.1. The Balaban J connectivity index is 2.39. The van der Waals surface area contributed by atoms with Crippen LogP contribution in [0.3, 0.4) is 0 Å². The molecule has 1 N–H and O–H groups in total. The molecule has 1 fully saturated rings. The van der Waals surface area contributed by atoms with Gasteiger partial charge < -0.3 is 5.11 Å². The fraction of sp³-hybridized carbons (Fsp3) is 0.733. The summed E-state index contributed by atoms with van der Waals surface area (Å²) in [4.78, 5) is 23.2. The van der Waals surface area contributed by atoms with Gasteiger partial charge in [0.1, 0.15) is 0 Å². The number of aliphatic carboxylic acids is 1. The minimum absolute atomic E-state index is 0.00516. The summed E-state index contributed by atoms with van der Waals surface area (Å²) in [5, 5.41) is 9.10. The molecule has 0 heterocycles. The average Bonchev–Trinajstić information content (AvgIpc) is 2.30. The minimum Gasteiger partial charge on any atom is -0.481 e. The molecule has 1 saturated carbocycles. The van der Waals surface area contributed by atoms with E-state index in [1.54, 1.807) is 6.92 Å². The lowest BCUT2D eigenvalue weighted by atomic mass is 9.56. The average molecular weight is 250 g/mol. The summed E-state index contributed by atoms with van der Waals surface area (Å²) in [6.07, 6.45) is 5.98. The molecule has 3 nitrogen and oxygen atoms in total. The predicted molar refractivity (Wildman–Crippen MR) is 69.1 cm³/mol. The Morgan fingerprint density at radius 1 is 1.50 bits per heavy atom. The highest BCUT2D eigenvalue weighted by Crippen LogP contribution is 2.51. The largest absolute Gasteiger partial charge is 0.481 e. The van der Waals surface area contributed by atoms with Crippen molar-refractivity contribution < 1.29 is 14.7 Å². The Kier molecular flexibility index (Phi) is 3.35. The lowest BCUT2D eigenvalue weighted by Gasteiger charge is -2.47. The molecule has 0 unspecified atom stereocenters.